The van der Waals surface area contributed by atoms with Gasteiger partial charge in [-0.15, -0.1) is 5.10 Å². The minimum absolute atomic E-state index is 0.640. The Balaban J connectivity index is 1.72. The number of ether oxygens (including phenoxy) is 1. The first-order valence-electron chi connectivity index (χ1n) is 6.04. The Morgan fingerprint density at radius 3 is 2.88 bits per heavy atom. The van der Waals surface area contributed by atoms with E-state index in [9.17, 15) is 0 Å². The van der Waals surface area contributed by atoms with Crippen LogP contribution in [0.3, 0.4) is 0 Å². The molecular formula is C12H19N3O. The summed E-state index contributed by atoms with van der Waals surface area (Å²) in [4.78, 5) is 0. The standard InChI is InChI=1S/C12H19N3O/c1-2-13-9-11-5-6-12(15-14-11)16-8-7-10-3-4-10/h5-6,10,13H,2-4,7-9H2,1H3. The lowest BCUT2D eigenvalue weighted by Crippen LogP contribution is -2.13. The van der Waals surface area contributed by atoms with Crippen molar-refractivity contribution in [3.63, 3.8) is 0 Å². The fourth-order valence-electron chi connectivity index (χ4n) is 1.51. The molecular weight excluding hydrogens is 202 g/mol. The Morgan fingerprint density at radius 2 is 2.25 bits per heavy atom. The van der Waals surface area contributed by atoms with Crippen LogP contribution in [0.1, 0.15) is 31.9 Å². The molecule has 1 aromatic rings. The van der Waals surface area contributed by atoms with Crippen LogP contribution in [0.5, 0.6) is 5.88 Å². The lowest BCUT2D eigenvalue weighted by molar-refractivity contribution is 0.287. The first kappa shape index (κ1) is 11.3. The van der Waals surface area contributed by atoms with Crippen molar-refractivity contribution in [1.82, 2.24) is 15.5 Å². The topological polar surface area (TPSA) is 47.0 Å². The van der Waals surface area contributed by atoms with Gasteiger partial charge in [-0.25, -0.2) is 0 Å². The quantitative estimate of drug-likeness (QED) is 0.762. The normalized spacial score (nSPS) is 15.1. The van der Waals surface area contributed by atoms with Crippen molar-refractivity contribution in [2.45, 2.75) is 32.7 Å². The Bertz CT molecular complexity index is 309. The lowest BCUT2D eigenvalue weighted by atomic mass is 10.3. The van der Waals surface area contributed by atoms with Gasteiger partial charge >= 0.3 is 0 Å². The highest BCUT2D eigenvalue weighted by atomic mass is 16.5. The Labute approximate surface area is 96.4 Å². The molecule has 0 amide bonds. The molecule has 0 unspecified atom stereocenters. The predicted octanol–water partition coefficient (Wildman–Crippen LogP) is 1.76. The van der Waals surface area contributed by atoms with Gasteiger partial charge in [0.05, 0.1) is 12.3 Å². The molecule has 1 fully saturated rings. The van der Waals surface area contributed by atoms with Crippen molar-refractivity contribution in [3.05, 3.63) is 17.8 Å². The van der Waals surface area contributed by atoms with Gasteiger partial charge in [-0.3, -0.25) is 0 Å². The molecule has 1 heterocycles. The summed E-state index contributed by atoms with van der Waals surface area (Å²) >= 11 is 0. The van der Waals surface area contributed by atoms with Crippen LogP contribution in [0.15, 0.2) is 12.1 Å². The predicted molar refractivity (Wildman–Crippen MR) is 62.2 cm³/mol. The highest BCUT2D eigenvalue weighted by molar-refractivity contribution is 5.11. The minimum Gasteiger partial charge on any atom is -0.477 e. The van der Waals surface area contributed by atoms with Crippen LogP contribution in [-0.4, -0.2) is 23.3 Å². The number of hydrogen-bond acceptors (Lipinski definition) is 4. The summed E-state index contributed by atoms with van der Waals surface area (Å²) < 4.78 is 5.52. The maximum atomic E-state index is 5.52. The van der Waals surface area contributed by atoms with Gasteiger partial charge in [-0.05, 0) is 24.9 Å². The lowest BCUT2D eigenvalue weighted by Gasteiger charge is -2.04. The molecule has 1 aromatic heterocycles. The van der Waals surface area contributed by atoms with E-state index in [0.717, 1.165) is 37.7 Å². The van der Waals surface area contributed by atoms with Crippen molar-refractivity contribution in [2.24, 2.45) is 5.92 Å². The van der Waals surface area contributed by atoms with E-state index < -0.39 is 0 Å². The number of nitrogens with zero attached hydrogens (tertiary/aromatic N) is 2. The van der Waals surface area contributed by atoms with E-state index in [-0.39, 0.29) is 0 Å². The molecule has 0 aromatic carbocycles. The maximum Gasteiger partial charge on any atom is 0.233 e. The number of aromatic nitrogens is 2. The van der Waals surface area contributed by atoms with E-state index >= 15 is 0 Å². The molecule has 1 aliphatic carbocycles. The second-order valence-electron chi connectivity index (χ2n) is 4.22. The molecule has 0 saturated heterocycles. The van der Waals surface area contributed by atoms with Gasteiger partial charge in [0.2, 0.25) is 5.88 Å². The number of hydrogen-bond donors (Lipinski definition) is 1. The third-order valence-electron chi connectivity index (χ3n) is 2.72. The molecule has 16 heavy (non-hydrogen) atoms. The first-order chi connectivity index (χ1) is 7.88. The summed E-state index contributed by atoms with van der Waals surface area (Å²) in [5.74, 6) is 1.54. The Kier molecular flexibility index (Phi) is 4.10. The van der Waals surface area contributed by atoms with Gasteiger partial charge in [0.15, 0.2) is 0 Å². The summed E-state index contributed by atoms with van der Waals surface area (Å²) in [6.45, 7) is 4.56. The molecule has 1 aliphatic rings. The van der Waals surface area contributed by atoms with Gasteiger partial charge < -0.3 is 10.1 Å². The monoisotopic (exact) mass is 221 g/mol. The average Bonchev–Trinajstić information content (AvgIpc) is 3.12. The minimum atomic E-state index is 0.640. The first-order valence-corrected chi connectivity index (χ1v) is 6.04. The van der Waals surface area contributed by atoms with Crippen molar-refractivity contribution < 1.29 is 4.74 Å². The van der Waals surface area contributed by atoms with Crippen LogP contribution in [0.4, 0.5) is 0 Å². The van der Waals surface area contributed by atoms with E-state index in [0.29, 0.717) is 5.88 Å². The second kappa shape index (κ2) is 5.80. The smallest absolute Gasteiger partial charge is 0.233 e. The van der Waals surface area contributed by atoms with E-state index in [1.807, 2.05) is 12.1 Å². The van der Waals surface area contributed by atoms with Crippen molar-refractivity contribution in [1.29, 1.82) is 0 Å². The summed E-state index contributed by atoms with van der Waals surface area (Å²) in [5, 5.41) is 11.3. The van der Waals surface area contributed by atoms with Crippen molar-refractivity contribution >= 4 is 0 Å². The molecule has 4 heteroatoms. The maximum absolute atomic E-state index is 5.52. The van der Waals surface area contributed by atoms with Crippen LogP contribution in [0.25, 0.3) is 0 Å². The number of rotatable bonds is 7. The molecule has 0 radical (unpaired) electrons. The SMILES string of the molecule is CCNCc1ccc(OCCC2CC2)nn1. The molecule has 0 atom stereocenters. The third-order valence-corrected chi connectivity index (χ3v) is 2.72. The molecule has 0 aliphatic heterocycles. The van der Waals surface area contributed by atoms with Crippen LogP contribution in [0, 0.1) is 5.92 Å². The van der Waals surface area contributed by atoms with Crippen molar-refractivity contribution in [2.75, 3.05) is 13.2 Å². The molecule has 4 nitrogen and oxygen atoms in total. The fraction of sp³-hybridized carbons (Fsp3) is 0.667. The highest BCUT2D eigenvalue weighted by Crippen LogP contribution is 2.32. The largest absolute Gasteiger partial charge is 0.477 e. The number of nitrogens with one attached hydrogen (secondary N) is 1. The second-order valence-corrected chi connectivity index (χ2v) is 4.22. The molecule has 1 N–H and O–H groups in total. The van der Waals surface area contributed by atoms with Crippen LogP contribution < -0.4 is 10.1 Å². The van der Waals surface area contributed by atoms with Crippen LogP contribution in [-0.2, 0) is 6.54 Å². The molecule has 88 valence electrons. The highest BCUT2D eigenvalue weighted by Gasteiger charge is 2.20. The van der Waals surface area contributed by atoms with Crippen molar-refractivity contribution in [3.8, 4) is 5.88 Å². The average molecular weight is 221 g/mol. The van der Waals surface area contributed by atoms with Gasteiger partial charge in [-0.2, -0.15) is 5.10 Å². The van der Waals surface area contributed by atoms with Crippen LogP contribution in [0.2, 0.25) is 0 Å². The zero-order chi connectivity index (χ0) is 11.2. The van der Waals surface area contributed by atoms with Gasteiger partial charge in [0, 0.05) is 12.6 Å². The van der Waals surface area contributed by atoms with E-state index in [4.69, 9.17) is 4.74 Å². The molecule has 0 spiro atoms. The zero-order valence-electron chi connectivity index (χ0n) is 9.78. The molecule has 2 rings (SSSR count). The third kappa shape index (κ3) is 3.77. The fourth-order valence-corrected chi connectivity index (χ4v) is 1.51. The van der Waals surface area contributed by atoms with Gasteiger partial charge in [0.1, 0.15) is 0 Å². The Hall–Kier alpha value is -1.16. The van der Waals surface area contributed by atoms with E-state index in [1.54, 1.807) is 0 Å². The summed E-state index contributed by atoms with van der Waals surface area (Å²) in [6.07, 6.45) is 3.90. The van der Waals surface area contributed by atoms with Crippen LogP contribution >= 0.6 is 0 Å². The molecule has 1 saturated carbocycles. The molecule has 0 bridgehead atoms. The summed E-state index contributed by atoms with van der Waals surface area (Å²) in [6, 6.07) is 3.86. The summed E-state index contributed by atoms with van der Waals surface area (Å²) in [7, 11) is 0. The summed E-state index contributed by atoms with van der Waals surface area (Å²) in [5.41, 5.74) is 0.955. The Morgan fingerprint density at radius 1 is 1.38 bits per heavy atom. The van der Waals surface area contributed by atoms with Gasteiger partial charge in [0.25, 0.3) is 0 Å². The van der Waals surface area contributed by atoms with Gasteiger partial charge in [-0.1, -0.05) is 19.8 Å². The van der Waals surface area contributed by atoms with E-state index in [2.05, 4.69) is 22.4 Å². The zero-order valence-corrected chi connectivity index (χ0v) is 9.78. The van der Waals surface area contributed by atoms with E-state index in [1.165, 1.54) is 12.8 Å².